The first-order valence-corrected chi connectivity index (χ1v) is 7.62. The van der Waals surface area contributed by atoms with Crippen molar-refractivity contribution in [2.45, 2.75) is 25.5 Å². The number of nitrogens with two attached hydrogens (primary N) is 1. The summed E-state index contributed by atoms with van der Waals surface area (Å²) in [6.07, 6.45) is 7.01. The van der Waals surface area contributed by atoms with Crippen LogP contribution in [0, 0.1) is 0 Å². The normalized spacial score (nSPS) is 18.6. The second-order valence-corrected chi connectivity index (χ2v) is 5.62. The van der Waals surface area contributed by atoms with E-state index in [1.54, 1.807) is 6.20 Å². The Morgan fingerprint density at radius 2 is 2.14 bits per heavy atom. The third kappa shape index (κ3) is 2.23. The summed E-state index contributed by atoms with van der Waals surface area (Å²) in [7, 11) is 0. The quantitative estimate of drug-likeness (QED) is 0.736. The summed E-state index contributed by atoms with van der Waals surface area (Å²) < 4.78 is 7.98. The largest absolute Gasteiger partial charge is 0.399 e. The van der Waals surface area contributed by atoms with Crippen LogP contribution in [0.15, 0.2) is 42.9 Å². The van der Waals surface area contributed by atoms with Gasteiger partial charge in [0.05, 0.1) is 23.1 Å². The number of aromatic nitrogens is 3. The molecule has 1 saturated heterocycles. The molecule has 112 valence electrons. The lowest BCUT2D eigenvalue weighted by atomic mass is 10.1. The average molecular weight is 294 g/mol. The van der Waals surface area contributed by atoms with Crippen molar-refractivity contribution in [2.24, 2.45) is 0 Å². The molecule has 4 rings (SSSR count). The topological polar surface area (TPSA) is 66.0 Å². The van der Waals surface area contributed by atoms with Crippen LogP contribution in [0.1, 0.15) is 25.5 Å². The van der Waals surface area contributed by atoms with E-state index >= 15 is 0 Å². The Morgan fingerprint density at radius 3 is 2.91 bits per heavy atom. The molecule has 0 bridgehead atoms. The Hall–Kier alpha value is -2.40. The van der Waals surface area contributed by atoms with E-state index in [1.807, 2.05) is 36.7 Å². The second-order valence-electron chi connectivity index (χ2n) is 5.62. The molecule has 1 aliphatic rings. The molecule has 1 aromatic carbocycles. The number of rotatable bonds is 2. The van der Waals surface area contributed by atoms with Gasteiger partial charge in [0.1, 0.15) is 6.23 Å². The van der Waals surface area contributed by atoms with Gasteiger partial charge in [0.2, 0.25) is 0 Å². The third-order valence-electron chi connectivity index (χ3n) is 4.11. The van der Waals surface area contributed by atoms with Crippen molar-refractivity contribution in [2.75, 3.05) is 12.3 Å². The molecular formula is C17H18N4O. The van der Waals surface area contributed by atoms with Gasteiger partial charge in [0, 0.05) is 24.1 Å². The molecule has 2 aromatic heterocycles. The van der Waals surface area contributed by atoms with Crippen molar-refractivity contribution in [1.82, 2.24) is 14.5 Å². The van der Waals surface area contributed by atoms with Crippen LogP contribution in [0.3, 0.4) is 0 Å². The number of imidazole rings is 1. The molecule has 3 heterocycles. The first-order valence-electron chi connectivity index (χ1n) is 7.62. The molecule has 2 N–H and O–H groups in total. The maximum Gasteiger partial charge on any atom is 0.135 e. The van der Waals surface area contributed by atoms with Crippen LogP contribution in [-0.4, -0.2) is 21.1 Å². The van der Waals surface area contributed by atoms with E-state index in [1.165, 1.54) is 6.42 Å². The van der Waals surface area contributed by atoms with E-state index in [4.69, 9.17) is 10.5 Å². The van der Waals surface area contributed by atoms with E-state index < -0.39 is 0 Å². The molecule has 22 heavy (non-hydrogen) atoms. The SMILES string of the molecule is Nc1cc(-c2ccccn2)c2ncn(C3CCCCO3)c2c1. The predicted octanol–water partition coefficient (Wildman–Crippen LogP) is 3.38. The van der Waals surface area contributed by atoms with E-state index in [-0.39, 0.29) is 6.23 Å². The summed E-state index contributed by atoms with van der Waals surface area (Å²) in [4.78, 5) is 9.02. The lowest BCUT2D eigenvalue weighted by molar-refractivity contribution is -0.0295. The predicted molar refractivity (Wildman–Crippen MR) is 86.2 cm³/mol. The molecule has 0 spiro atoms. The molecule has 0 saturated carbocycles. The van der Waals surface area contributed by atoms with E-state index in [0.29, 0.717) is 5.69 Å². The van der Waals surface area contributed by atoms with Crippen LogP contribution < -0.4 is 5.73 Å². The minimum absolute atomic E-state index is 0.0529. The molecular weight excluding hydrogens is 276 g/mol. The summed E-state index contributed by atoms with van der Waals surface area (Å²) >= 11 is 0. The van der Waals surface area contributed by atoms with Gasteiger partial charge >= 0.3 is 0 Å². The minimum Gasteiger partial charge on any atom is -0.399 e. The summed E-state index contributed by atoms with van der Waals surface area (Å²) in [5.74, 6) is 0. The molecule has 0 amide bonds. The van der Waals surface area contributed by atoms with Gasteiger partial charge in [-0.15, -0.1) is 0 Å². The molecule has 1 unspecified atom stereocenters. The van der Waals surface area contributed by atoms with E-state index in [9.17, 15) is 0 Å². The fourth-order valence-electron chi connectivity index (χ4n) is 3.05. The van der Waals surface area contributed by atoms with Gasteiger partial charge in [-0.2, -0.15) is 0 Å². The summed E-state index contributed by atoms with van der Waals surface area (Å²) in [5, 5.41) is 0. The number of nitrogens with zero attached hydrogens (tertiary/aromatic N) is 3. The van der Waals surface area contributed by atoms with Crippen LogP contribution in [-0.2, 0) is 4.74 Å². The first kappa shape index (κ1) is 13.3. The number of benzene rings is 1. The van der Waals surface area contributed by atoms with Gasteiger partial charge in [-0.3, -0.25) is 4.98 Å². The van der Waals surface area contributed by atoms with Crippen molar-refractivity contribution in [3.05, 3.63) is 42.9 Å². The number of anilines is 1. The highest BCUT2D eigenvalue weighted by atomic mass is 16.5. The molecule has 0 aliphatic carbocycles. The number of pyridine rings is 1. The van der Waals surface area contributed by atoms with Crippen molar-refractivity contribution in [3.63, 3.8) is 0 Å². The first-order chi connectivity index (χ1) is 10.8. The smallest absolute Gasteiger partial charge is 0.135 e. The zero-order valence-corrected chi connectivity index (χ0v) is 12.3. The second kappa shape index (κ2) is 5.42. The summed E-state index contributed by atoms with van der Waals surface area (Å²) in [6.45, 7) is 0.805. The van der Waals surface area contributed by atoms with Gasteiger partial charge in [-0.1, -0.05) is 6.07 Å². The van der Waals surface area contributed by atoms with Crippen LogP contribution in [0.2, 0.25) is 0 Å². The molecule has 3 aromatic rings. The lowest BCUT2D eigenvalue weighted by Gasteiger charge is -2.24. The molecule has 1 fully saturated rings. The maximum atomic E-state index is 6.11. The van der Waals surface area contributed by atoms with Gasteiger partial charge < -0.3 is 15.0 Å². The molecule has 1 aliphatic heterocycles. The minimum atomic E-state index is 0.0529. The maximum absolute atomic E-state index is 6.11. The van der Waals surface area contributed by atoms with Crippen molar-refractivity contribution in [3.8, 4) is 11.3 Å². The average Bonchev–Trinajstić information content (AvgIpc) is 2.99. The summed E-state index contributed by atoms with van der Waals surface area (Å²) in [6, 6.07) is 9.75. The lowest BCUT2D eigenvalue weighted by Crippen LogP contribution is -2.17. The van der Waals surface area contributed by atoms with Gasteiger partial charge in [0.15, 0.2) is 0 Å². The molecule has 0 radical (unpaired) electrons. The van der Waals surface area contributed by atoms with Crippen LogP contribution in [0.4, 0.5) is 5.69 Å². The van der Waals surface area contributed by atoms with Crippen molar-refractivity contribution >= 4 is 16.7 Å². The molecule has 5 heteroatoms. The Labute approximate surface area is 128 Å². The molecule has 5 nitrogen and oxygen atoms in total. The number of nitrogen functional groups attached to an aromatic ring is 1. The van der Waals surface area contributed by atoms with Gasteiger partial charge in [-0.25, -0.2) is 4.98 Å². The van der Waals surface area contributed by atoms with Crippen LogP contribution >= 0.6 is 0 Å². The number of fused-ring (bicyclic) bond motifs is 1. The Kier molecular flexibility index (Phi) is 3.27. The fraction of sp³-hybridized carbons (Fsp3) is 0.294. The summed E-state index contributed by atoms with van der Waals surface area (Å²) in [5.41, 5.74) is 10.6. The van der Waals surface area contributed by atoms with Gasteiger partial charge in [-0.05, 0) is 43.5 Å². The monoisotopic (exact) mass is 294 g/mol. The number of ether oxygens (including phenoxy) is 1. The Morgan fingerprint density at radius 1 is 1.18 bits per heavy atom. The van der Waals surface area contributed by atoms with E-state index in [2.05, 4.69) is 14.5 Å². The van der Waals surface area contributed by atoms with Crippen LogP contribution in [0.5, 0.6) is 0 Å². The highest BCUT2D eigenvalue weighted by Crippen LogP contribution is 2.32. The van der Waals surface area contributed by atoms with Gasteiger partial charge in [0.25, 0.3) is 0 Å². The highest BCUT2D eigenvalue weighted by Gasteiger charge is 2.19. The zero-order chi connectivity index (χ0) is 14.9. The Balaban J connectivity index is 1.87. The van der Waals surface area contributed by atoms with E-state index in [0.717, 1.165) is 41.7 Å². The highest BCUT2D eigenvalue weighted by molar-refractivity contribution is 5.93. The van der Waals surface area contributed by atoms with Crippen molar-refractivity contribution in [1.29, 1.82) is 0 Å². The third-order valence-corrected chi connectivity index (χ3v) is 4.11. The number of hydrogen-bond donors (Lipinski definition) is 1. The molecule has 1 atom stereocenters. The van der Waals surface area contributed by atoms with Crippen molar-refractivity contribution < 1.29 is 4.74 Å². The van der Waals surface area contributed by atoms with Crippen LogP contribution in [0.25, 0.3) is 22.3 Å². The zero-order valence-electron chi connectivity index (χ0n) is 12.3. The number of hydrogen-bond acceptors (Lipinski definition) is 4. The fourth-order valence-corrected chi connectivity index (χ4v) is 3.05. The standard InChI is InChI=1S/C17H18N4O/c18-12-9-13(14-5-1-3-7-19-14)17-15(10-12)21(11-20-17)16-6-2-4-8-22-16/h1,3,5,7,9-11,16H,2,4,6,8,18H2. The Bertz CT molecular complexity index is 791.